The normalized spacial score (nSPS) is 13.4. The maximum absolute atomic E-state index is 13.0. The number of nitrogens with zero attached hydrogens (tertiary/aromatic N) is 1. The fourth-order valence-electron chi connectivity index (χ4n) is 1.39. The van der Waals surface area contributed by atoms with Crippen LogP contribution in [0.1, 0.15) is 24.4 Å². The van der Waals surface area contributed by atoms with Gasteiger partial charge in [0, 0.05) is 18.5 Å². The quantitative estimate of drug-likeness (QED) is 0.517. The van der Waals surface area contributed by atoms with E-state index in [9.17, 15) is 27.7 Å². The van der Waals surface area contributed by atoms with Gasteiger partial charge in [-0.05, 0) is 18.1 Å². The van der Waals surface area contributed by atoms with Crippen LogP contribution in [-0.2, 0) is 0 Å². The van der Waals surface area contributed by atoms with Crippen molar-refractivity contribution in [3.63, 3.8) is 0 Å². The van der Waals surface area contributed by atoms with E-state index in [1.54, 1.807) is 0 Å². The van der Waals surface area contributed by atoms with Crippen LogP contribution in [0.2, 0.25) is 0 Å². The SMILES string of the molecule is N[C@@H](CCC(F)(F)F)c1ccc(F)c([N+](=O)[O-])c1. The lowest BCUT2D eigenvalue weighted by Crippen LogP contribution is -2.16. The smallest absolute Gasteiger partial charge is 0.324 e. The Bertz CT molecular complexity index is 448. The lowest BCUT2D eigenvalue weighted by atomic mass is 10.0. The monoisotopic (exact) mass is 266 g/mol. The Morgan fingerprint density at radius 2 is 2.00 bits per heavy atom. The summed E-state index contributed by atoms with van der Waals surface area (Å²) in [5.41, 5.74) is 4.78. The lowest BCUT2D eigenvalue weighted by molar-refractivity contribution is -0.387. The minimum absolute atomic E-state index is 0.104. The molecule has 2 N–H and O–H groups in total. The summed E-state index contributed by atoms with van der Waals surface area (Å²) in [6.45, 7) is 0. The number of halogens is 4. The van der Waals surface area contributed by atoms with Gasteiger partial charge in [-0.2, -0.15) is 17.6 Å². The Kier molecular flexibility index (Phi) is 4.23. The molecule has 1 aromatic rings. The van der Waals surface area contributed by atoms with Crippen LogP contribution in [0.3, 0.4) is 0 Å². The van der Waals surface area contributed by atoms with E-state index >= 15 is 0 Å². The first-order valence-corrected chi connectivity index (χ1v) is 4.97. The van der Waals surface area contributed by atoms with E-state index < -0.39 is 41.5 Å². The minimum Gasteiger partial charge on any atom is -0.324 e. The highest BCUT2D eigenvalue weighted by Crippen LogP contribution is 2.28. The Hall–Kier alpha value is -1.70. The van der Waals surface area contributed by atoms with Crippen molar-refractivity contribution in [1.82, 2.24) is 0 Å². The van der Waals surface area contributed by atoms with Crippen molar-refractivity contribution >= 4 is 5.69 Å². The average Bonchev–Trinajstić information content (AvgIpc) is 2.25. The number of hydrogen-bond acceptors (Lipinski definition) is 3. The van der Waals surface area contributed by atoms with Crippen LogP contribution in [-0.4, -0.2) is 11.1 Å². The summed E-state index contributed by atoms with van der Waals surface area (Å²) in [4.78, 5) is 9.51. The zero-order chi connectivity index (χ0) is 13.9. The van der Waals surface area contributed by atoms with E-state index in [2.05, 4.69) is 0 Å². The number of nitro groups is 1. The molecule has 8 heteroatoms. The molecule has 18 heavy (non-hydrogen) atoms. The van der Waals surface area contributed by atoms with E-state index in [0.29, 0.717) is 0 Å². The molecule has 0 spiro atoms. The van der Waals surface area contributed by atoms with Gasteiger partial charge in [0.25, 0.3) is 0 Å². The van der Waals surface area contributed by atoms with Gasteiger partial charge in [-0.25, -0.2) is 0 Å². The summed E-state index contributed by atoms with van der Waals surface area (Å²) < 4.78 is 48.9. The van der Waals surface area contributed by atoms with Crippen molar-refractivity contribution in [1.29, 1.82) is 0 Å². The summed E-state index contributed by atoms with van der Waals surface area (Å²) in [6.07, 6.45) is -5.85. The second kappa shape index (κ2) is 5.30. The fraction of sp³-hybridized carbons (Fsp3) is 0.400. The van der Waals surface area contributed by atoms with Crippen molar-refractivity contribution < 1.29 is 22.5 Å². The molecule has 0 fully saturated rings. The predicted molar refractivity (Wildman–Crippen MR) is 55.3 cm³/mol. The summed E-state index contributed by atoms with van der Waals surface area (Å²) in [5.74, 6) is -1.05. The maximum Gasteiger partial charge on any atom is 0.389 e. The molecular weight excluding hydrogens is 256 g/mol. The van der Waals surface area contributed by atoms with E-state index in [1.165, 1.54) is 0 Å². The molecule has 1 rings (SSSR count). The zero-order valence-corrected chi connectivity index (χ0v) is 9.08. The molecule has 0 unspecified atom stereocenters. The minimum atomic E-state index is -4.34. The number of rotatable bonds is 4. The topological polar surface area (TPSA) is 69.2 Å². The Morgan fingerprint density at radius 3 is 2.50 bits per heavy atom. The van der Waals surface area contributed by atoms with Crippen molar-refractivity contribution in [2.45, 2.75) is 25.1 Å². The van der Waals surface area contributed by atoms with E-state index in [-0.39, 0.29) is 5.56 Å². The van der Waals surface area contributed by atoms with Crippen LogP contribution in [0.4, 0.5) is 23.2 Å². The van der Waals surface area contributed by atoms with Gasteiger partial charge in [-0.1, -0.05) is 6.07 Å². The van der Waals surface area contributed by atoms with Gasteiger partial charge in [-0.3, -0.25) is 10.1 Å². The molecule has 100 valence electrons. The third kappa shape index (κ3) is 3.95. The van der Waals surface area contributed by atoms with Gasteiger partial charge in [0.05, 0.1) is 4.92 Å². The van der Waals surface area contributed by atoms with Crippen LogP contribution in [0, 0.1) is 15.9 Å². The van der Waals surface area contributed by atoms with Crippen molar-refractivity contribution in [2.24, 2.45) is 5.73 Å². The van der Waals surface area contributed by atoms with Gasteiger partial charge in [0.15, 0.2) is 0 Å². The Labute approximate surface area is 99.5 Å². The van der Waals surface area contributed by atoms with Gasteiger partial charge in [0.1, 0.15) is 0 Å². The summed E-state index contributed by atoms with van der Waals surface area (Å²) in [7, 11) is 0. The number of benzene rings is 1. The van der Waals surface area contributed by atoms with Gasteiger partial charge < -0.3 is 5.73 Å². The van der Waals surface area contributed by atoms with Gasteiger partial charge in [0.2, 0.25) is 5.82 Å². The second-order valence-corrected chi connectivity index (χ2v) is 3.73. The molecule has 1 atom stereocenters. The van der Waals surface area contributed by atoms with Crippen LogP contribution in [0.5, 0.6) is 0 Å². The number of nitro benzene ring substituents is 1. The first kappa shape index (κ1) is 14.4. The molecule has 0 aliphatic carbocycles. The second-order valence-electron chi connectivity index (χ2n) is 3.73. The zero-order valence-electron chi connectivity index (χ0n) is 9.08. The molecule has 0 heterocycles. The largest absolute Gasteiger partial charge is 0.389 e. The summed E-state index contributed by atoms with van der Waals surface area (Å²) in [5, 5.41) is 10.5. The number of alkyl halides is 3. The Morgan fingerprint density at radius 1 is 1.39 bits per heavy atom. The molecule has 4 nitrogen and oxygen atoms in total. The van der Waals surface area contributed by atoms with Crippen molar-refractivity contribution in [3.05, 3.63) is 39.7 Å². The maximum atomic E-state index is 13.0. The molecule has 1 aromatic carbocycles. The van der Waals surface area contributed by atoms with Crippen LogP contribution < -0.4 is 5.73 Å². The third-order valence-corrected chi connectivity index (χ3v) is 2.33. The van der Waals surface area contributed by atoms with Crippen molar-refractivity contribution in [3.8, 4) is 0 Å². The average molecular weight is 266 g/mol. The number of nitrogens with two attached hydrogens (primary N) is 1. The molecule has 0 amide bonds. The van der Waals surface area contributed by atoms with Gasteiger partial charge >= 0.3 is 11.9 Å². The van der Waals surface area contributed by atoms with Crippen molar-refractivity contribution in [2.75, 3.05) is 0 Å². The standard InChI is InChI=1S/C10H10F4N2O2/c11-7-2-1-6(5-9(7)16(17)18)8(15)3-4-10(12,13)14/h1-2,5,8H,3-4,15H2/t8-/m0/s1. The molecule has 0 radical (unpaired) electrons. The molecule has 0 saturated heterocycles. The highest BCUT2D eigenvalue weighted by molar-refractivity contribution is 5.37. The molecular formula is C10H10F4N2O2. The lowest BCUT2D eigenvalue weighted by Gasteiger charge is -2.13. The van der Waals surface area contributed by atoms with Crippen LogP contribution >= 0.6 is 0 Å². The van der Waals surface area contributed by atoms with Gasteiger partial charge in [-0.15, -0.1) is 0 Å². The van der Waals surface area contributed by atoms with Crippen LogP contribution in [0.25, 0.3) is 0 Å². The number of hydrogen-bond donors (Lipinski definition) is 1. The first-order chi connectivity index (χ1) is 8.20. The highest BCUT2D eigenvalue weighted by atomic mass is 19.4. The molecule has 0 saturated carbocycles. The van der Waals surface area contributed by atoms with E-state index in [4.69, 9.17) is 5.73 Å². The summed E-state index contributed by atoms with van der Waals surface area (Å²) >= 11 is 0. The van der Waals surface area contributed by atoms with E-state index in [1.807, 2.05) is 0 Å². The fourth-order valence-corrected chi connectivity index (χ4v) is 1.39. The van der Waals surface area contributed by atoms with Crippen LogP contribution in [0.15, 0.2) is 18.2 Å². The first-order valence-electron chi connectivity index (χ1n) is 4.97. The van der Waals surface area contributed by atoms with E-state index in [0.717, 1.165) is 18.2 Å². The Balaban J connectivity index is 2.83. The molecule has 0 aromatic heterocycles. The highest BCUT2D eigenvalue weighted by Gasteiger charge is 2.28. The third-order valence-electron chi connectivity index (χ3n) is 2.33. The molecule has 0 bridgehead atoms. The summed E-state index contributed by atoms with van der Waals surface area (Å²) in [6, 6.07) is 1.80. The molecule has 0 aliphatic rings. The molecule has 0 aliphatic heterocycles. The predicted octanol–water partition coefficient (Wildman–Crippen LogP) is 3.08.